The molecule has 5 heteroatoms. The Bertz CT molecular complexity index is 684. The van der Waals surface area contributed by atoms with Crippen molar-refractivity contribution in [3.63, 3.8) is 0 Å². The molecule has 3 rings (SSSR count). The van der Waals surface area contributed by atoms with Gasteiger partial charge in [0.05, 0.1) is 7.11 Å². The van der Waals surface area contributed by atoms with E-state index in [0.29, 0.717) is 29.9 Å². The van der Waals surface area contributed by atoms with Crippen molar-refractivity contribution in [1.82, 2.24) is 0 Å². The highest BCUT2D eigenvalue weighted by molar-refractivity contribution is 5.93. The van der Waals surface area contributed by atoms with E-state index in [1.807, 2.05) is 6.92 Å². The summed E-state index contributed by atoms with van der Waals surface area (Å²) in [7, 11) is 1.52. The second-order valence-corrected chi connectivity index (χ2v) is 6.96. The maximum atomic E-state index is 14.3. The molecule has 0 radical (unpaired) electrons. The standard InChI is InChI=1S/C20H25FO4/c1-4-5-15-11-20(19(10-18(15)22)24-12-25-20)13(2)8-14-6-7-16(23-3)9-17(14)21/h6-7,9-10,13,15H,4-5,8,11-12H2,1-3H3/t13?,15?,20-/m1/s1. The summed E-state index contributed by atoms with van der Waals surface area (Å²) in [5.74, 6) is 0.853. The zero-order valence-corrected chi connectivity index (χ0v) is 15.0. The van der Waals surface area contributed by atoms with Gasteiger partial charge < -0.3 is 14.2 Å². The van der Waals surface area contributed by atoms with E-state index in [2.05, 4.69) is 6.92 Å². The molecule has 0 aromatic heterocycles. The summed E-state index contributed by atoms with van der Waals surface area (Å²) in [4.78, 5) is 12.3. The molecule has 0 spiro atoms. The van der Waals surface area contributed by atoms with Crippen molar-refractivity contribution >= 4 is 5.78 Å². The van der Waals surface area contributed by atoms with Crippen molar-refractivity contribution < 1.29 is 23.4 Å². The Kier molecular flexibility index (Phi) is 5.13. The Hall–Kier alpha value is -1.88. The molecule has 1 aliphatic carbocycles. The number of ketones is 1. The van der Waals surface area contributed by atoms with Crippen LogP contribution in [0, 0.1) is 17.7 Å². The monoisotopic (exact) mass is 348 g/mol. The van der Waals surface area contributed by atoms with Crippen molar-refractivity contribution in [2.75, 3.05) is 13.9 Å². The van der Waals surface area contributed by atoms with E-state index < -0.39 is 5.60 Å². The van der Waals surface area contributed by atoms with Crippen LogP contribution in [-0.4, -0.2) is 25.3 Å². The summed E-state index contributed by atoms with van der Waals surface area (Å²) in [6.07, 6.45) is 4.47. The molecular formula is C20H25FO4. The van der Waals surface area contributed by atoms with Crippen molar-refractivity contribution in [2.24, 2.45) is 11.8 Å². The van der Waals surface area contributed by atoms with E-state index in [4.69, 9.17) is 14.2 Å². The number of hydrogen-bond acceptors (Lipinski definition) is 4. The summed E-state index contributed by atoms with van der Waals surface area (Å²) in [5, 5.41) is 0. The molecule has 1 heterocycles. The minimum Gasteiger partial charge on any atom is -0.497 e. The van der Waals surface area contributed by atoms with Crippen LogP contribution in [0.4, 0.5) is 4.39 Å². The molecule has 136 valence electrons. The number of allylic oxidation sites excluding steroid dienone is 1. The quantitative estimate of drug-likeness (QED) is 0.779. The zero-order valence-electron chi connectivity index (χ0n) is 15.0. The normalized spacial score (nSPS) is 26.6. The number of methoxy groups -OCH3 is 1. The van der Waals surface area contributed by atoms with Gasteiger partial charge in [0.1, 0.15) is 22.9 Å². The van der Waals surface area contributed by atoms with Crippen LogP contribution in [0.2, 0.25) is 0 Å². The van der Waals surface area contributed by atoms with Gasteiger partial charge in [0.25, 0.3) is 0 Å². The topological polar surface area (TPSA) is 44.8 Å². The SMILES string of the molecule is CCCC1C[C@]2(C(C)Cc3ccc(OC)cc3F)OCOC2=CC1=O. The van der Waals surface area contributed by atoms with Gasteiger partial charge in [0.15, 0.2) is 12.6 Å². The molecule has 1 aliphatic heterocycles. The first-order chi connectivity index (χ1) is 12.0. The lowest BCUT2D eigenvalue weighted by Gasteiger charge is -2.38. The van der Waals surface area contributed by atoms with E-state index in [1.165, 1.54) is 13.2 Å². The molecule has 1 fully saturated rings. The third-order valence-corrected chi connectivity index (χ3v) is 5.39. The molecule has 1 aromatic rings. The lowest BCUT2D eigenvalue weighted by molar-refractivity contribution is -0.123. The van der Waals surface area contributed by atoms with Gasteiger partial charge in [-0.15, -0.1) is 0 Å². The van der Waals surface area contributed by atoms with E-state index in [9.17, 15) is 9.18 Å². The molecule has 0 saturated carbocycles. The summed E-state index contributed by atoms with van der Waals surface area (Å²) in [6.45, 7) is 4.25. The van der Waals surface area contributed by atoms with Crippen LogP contribution < -0.4 is 4.74 Å². The molecule has 25 heavy (non-hydrogen) atoms. The number of benzene rings is 1. The Morgan fingerprint density at radius 1 is 1.44 bits per heavy atom. The van der Waals surface area contributed by atoms with Gasteiger partial charge in [-0.05, 0) is 36.8 Å². The van der Waals surface area contributed by atoms with E-state index in [0.717, 1.165) is 12.8 Å². The number of rotatable bonds is 6. The molecular weight excluding hydrogens is 323 g/mol. The van der Waals surface area contributed by atoms with Gasteiger partial charge in [-0.3, -0.25) is 4.79 Å². The predicted octanol–water partition coefficient (Wildman–Crippen LogP) is 4.03. The minimum atomic E-state index is -0.639. The van der Waals surface area contributed by atoms with Crippen LogP contribution in [0.5, 0.6) is 5.75 Å². The highest BCUT2D eigenvalue weighted by Gasteiger charge is 2.51. The van der Waals surface area contributed by atoms with Crippen molar-refractivity contribution in [3.8, 4) is 5.75 Å². The number of fused-ring (bicyclic) bond motifs is 1. The van der Waals surface area contributed by atoms with Crippen LogP contribution in [0.25, 0.3) is 0 Å². The third kappa shape index (κ3) is 3.30. The second kappa shape index (κ2) is 7.16. The number of hydrogen-bond donors (Lipinski definition) is 0. The molecule has 4 nitrogen and oxygen atoms in total. The number of carbonyl (C=O) groups is 1. The Balaban J connectivity index is 1.85. The van der Waals surface area contributed by atoms with Gasteiger partial charge in [0.2, 0.25) is 0 Å². The van der Waals surface area contributed by atoms with Gasteiger partial charge in [-0.1, -0.05) is 26.3 Å². The molecule has 2 unspecified atom stereocenters. The highest BCUT2D eigenvalue weighted by atomic mass is 19.1. The fourth-order valence-electron chi connectivity index (χ4n) is 3.92. The average Bonchev–Trinajstić information content (AvgIpc) is 3.01. The maximum Gasteiger partial charge on any atom is 0.189 e. The van der Waals surface area contributed by atoms with E-state index in [1.54, 1.807) is 18.2 Å². The predicted molar refractivity (Wildman–Crippen MR) is 91.7 cm³/mol. The fraction of sp³-hybridized carbons (Fsp3) is 0.550. The summed E-state index contributed by atoms with van der Waals surface area (Å²) in [6, 6.07) is 4.90. The molecule has 1 saturated heterocycles. The summed E-state index contributed by atoms with van der Waals surface area (Å²) >= 11 is 0. The number of halogens is 1. The van der Waals surface area contributed by atoms with Gasteiger partial charge in [0, 0.05) is 18.1 Å². The van der Waals surface area contributed by atoms with Crippen LogP contribution in [0.3, 0.4) is 0 Å². The van der Waals surface area contributed by atoms with Crippen LogP contribution in [0.15, 0.2) is 30.0 Å². The summed E-state index contributed by atoms with van der Waals surface area (Å²) in [5.41, 5.74) is -0.0263. The summed E-state index contributed by atoms with van der Waals surface area (Å²) < 4.78 is 31.0. The Morgan fingerprint density at radius 3 is 2.92 bits per heavy atom. The smallest absolute Gasteiger partial charge is 0.189 e. The van der Waals surface area contributed by atoms with E-state index >= 15 is 0 Å². The van der Waals surface area contributed by atoms with Gasteiger partial charge >= 0.3 is 0 Å². The average molecular weight is 348 g/mol. The molecule has 3 atom stereocenters. The molecule has 0 N–H and O–H groups in total. The second-order valence-electron chi connectivity index (χ2n) is 6.96. The molecule has 0 bridgehead atoms. The Labute approximate surface area is 148 Å². The molecule has 0 amide bonds. The van der Waals surface area contributed by atoms with Crippen molar-refractivity contribution in [2.45, 2.75) is 45.1 Å². The number of ether oxygens (including phenoxy) is 3. The van der Waals surface area contributed by atoms with Crippen LogP contribution >= 0.6 is 0 Å². The van der Waals surface area contributed by atoms with Crippen LogP contribution in [-0.2, 0) is 20.7 Å². The first-order valence-electron chi connectivity index (χ1n) is 8.85. The van der Waals surface area contributed by atoms with Crippen molar-refractivity contribution in [3.05, 3.63) is 41.4 Å². The molecule has 2 aliphatic rings. The third-order valence-electron chi connectivity index (χ3n) is 5.39. The van der Waals surface area contributed by atoms with E-state index in [-0.39, 0.29) is 30.2 Å². The lowest BCUT2D eigenvalue weighted by atomic mass is 9.71. The zero-order chi connectivity index (χ0) is 18.0. The lowest BCUT2D eigenvalue weighted by Crippen LogP contribution is -2.45. The van der Waals surface area contributed by atoms with Crippen molar-refractivity contribution in [1.29, 1.82) is 0 Å². The minimum absolute atomic E-state index is 0.0170. The van der Waals surface area contributed by atoms with Gasteiger partial charge in [-0.2, -0.15) is 0 Å². The van der Waals surface area contributed by atoms with Crippen LogP contribution in [0.1, 0.15) is 38.7 Å². The Morgan fingerprint density at radius 2 is 2.24 bits per heavy atom. The highest BCUT2D eigenvalue weighted by Crippen LogP contribution is 2.46. The first kappa shape index (κ1) is 17.9. The fourth-order valence-corrected chi connectivity index (χ4v) is 3.92. The number of carbonyl (C=O) groups excluding carboxylic acids is 1. The van der Waals surface area contributed by atoms with Gasteiger partial charge in [-0.25, -0.2) is 4.39 Å². The first-order valence-corrected chi connectivity index (χ1v) is 8.85. The largest absolute Gasteiger partial charge is 0.497 e. The maximum absolute atomic E-state index is 14.3. The molecule has 1 aromatic carbocycles.